The van der Waals surface area contributed by atoms with Crippen molar-refractivity contribution in [3.63, 3.8) is 0 Å². The van der Waals surface area contributed by atoms with E-state index < -0.39 is 34.7 Å². The van der Waals surface area contributed by atoms with Crippen LogP contribution in [0.4, 0.5) is 18.9 Å². The maximum atomic E-state index is 14.3. The molecule has 1 atom stereocenters. The van der Waals surface area contributed by atoms with E-state index in [1.165, 1.54) is 12.1 Å². The van der Waals surface area contributed by atoms with Gasteiger partial charge < -0.3 is 20.6 Å². The molecule has 1 unspecified atom stereocenters. The van der Waals surface area contributed by atoms with E-state index >= 15 is 0 Å². The smallest absolute Gasteiger partial charge is 0.372 e. The number of hydrogen-bond donors (Lipinski definition) is 2. The van der Waals surface area contributed by atoms with Gasteiger partial charge in [0.25, 0.3) is 5.91 Å². The first-order valence-corrected chi connectivity index (χ1v) is 11.3. The summed E-state index contributed by atoms with van der Waals surface area (Å²) in [4.78, 5) is 28.8. The lowest BCUT2D eigenvalue weighted by atomic mass is 9.83. The van der Waals surface area contributed by atoms with E-state index in [0.29, 0.717) is 31.1 Å². The number of benzene rings is 3. The third kappa shape index (κ3) is 4.15. The number of carbonyl (C=O) groups excluding carboxylic acids is 2. The minimum Gasteiger partial charge on any atom is -0.372 e. The van der Waals surface area contributed by atoms with Crippen LogP contribution in [-0.2, 0) is 16.6 Å². The van der Waals surface area contributed by atoms with Crippen molar-refractivity contribution in [3.8, 4) is 0 Å². The second kappa shape index (κ2) is 8.98. The van der Waals surface area contributed by atoms with E-state index in [4.69, 9.17) is 5.73 Å². The molecule has 2 amide bonds. The first-order valence-electron chi connectivity index (χ1n) is 11.3. The van der Waals surface area contributed by atoms with Crippen molar-refractivity contribution in [3.05, 3.63) is 76.9 Å². The Balaban J connectivity index is 1.98. The van der Waals surface area contributed by atoms with E-state index in [1.807, 2.05) is 30.9 Å². The van der Waals surface area contributed by atoms with Crippen molar-refractivity contribution in [1.82, 2.24) is 4.90 Å². The number of hydrogen-bond acceptors (Lipinski definition) is 4. The fraction of sp³-hybridized carbons (Fsp3) is 0.308. The Morgan fingerprint density at radius 2 is 1.71 bits per heavy atom. The zero-order valence-electron chi connectivity index (χ0n) is 19.4. The zero-order chi connectivity index (χ0) is 25.5. The molecule has 3 aromatic rings. The summed E-state index contributed by atoms with van der Waals surface area (Å²) in [5.74, 6) is -1.96. The number of fused-ring (bicyclic) bond motifs is 2. The predicted octanol–water partition coefficient (Wildman–Crippen LogP) is 3.88. The number of amides is 2. The summed E-state index contributed by atoms with van der Waals surface area (Å²) in [5, 5.41) is 13.3. The molecule has 0 bridgehead atoms. The topological polar surface area (TPSA) is 86.9 Å². The van der Waals surface area contributed by atoms with Crippen molar-refractivity contribution in [2.45, 2.75) is 25.6 Å². The number of anilines is 1. The maximum Gasteiger partial charge on any atom is 0.416 e. The Morgan fingerprint density at radius 3 is 2.31 bits per heavy atom. The summed E-state index contributed by atoms with van der Waals surface area (Å²) in [5.41, 5.74) is 0.342. The van der Waals surface area contributed by atoms with Crippen molar-refractivity contribution in [1.29, 1.82) is 0 Å². The molecular weight excluding hydrogens is 459 g/mol. The van der Waals surface area contributed by atoms with Gasteiger partial charge in [-0.25, -0.2) is 0 Å². The quantitative estimate of drug-likeness (QED) is 0.532. The van der Waals surface area contributed by atoms with Gasteiger partial charge in [0.05, 0.1) is 11.3 Å². The largest absolute Gasteiger partial charge is 0.416 e. The summed E-state index contributed by atoms with van der Waals surface area (Å²) in [6, 6.07) is 13.5. The van der Waals surface area contributed by atoms with E-state index in [2.05, 4.69) is 0 Å². The van der Waals surface area contributed by atoms with Crippen LogP contribution in [0, 0.1) is 0 Å². The molecule has 0 aromatic heterocycles. The number of nitrogens with zero attached hydrogens (tertiary/aromatic N) is 2. The van der Waals surface area contributed by atoms with Gasteiger partial charge in [-0.1, -0.05) is 50.2 Å². The van der Waals surface area contributed by atoms with Gasteiger partial charge in [0.1, 0.15) is 0 Å². The van der Waals surface area contributed by atoms with Gasteiger partial charge in [0.15, 0.2) is 5.60 Å². The molecule has 3 aromatic carbocycles. The van der Waals surface area contributed by atoms with Gasteiger partial charge in [-0.3, -0.25) is 9.59 Å². The summed E-state index contributed by atoms with van der Waals surface area (Å²) in [7, 11) is 0. The molecule has 1 aliphatic rings. The maximum absolute atomic E-state index is 14.3. The number of halogens is 3. The molecule has 0 spiro atoms. The van der Waals surface area contributed by atoms with Crippen molar-refractivity contribution >= 4 is 28.3 Å². The Labute approximate surface area is 200 Å². The van der Waals surface area contributed by atoms with Gasteiger partial charge in [0, 0.05) is 24.2 Å². The Morgan fingerprint density at radius 1 is 1.06 bits per heavy atom. The fourth-order valence-electron chi connectivity index (χ4n) is 4.68. The highest BCUT2D eigenvalue weighted by Gasteiger charge is 2.56. The molecule has 1 heterocycles. The molecule has 6 nitrogen and oxygen atoms in total. The van der Waals surface area contributed by atoms with E-state index in [-0.39, 0.29) is 23.4 Å². The third-order valence-electron chi connectivity index (χ3n) is 6.62. The minimum atomic E-state index is -4.95. The average Bonchev–Trinajstić information content (AvgIpc) is 3.05. The predicted molar refractivity (Wildman–Crippen MR) is 127 cm³/mol. The zero-order valence-corrected chi connectivity index (χ0v) is 19.4. The SMILES string of the molecule is CCN(CC)CCN1C(=O)C(O)(c2ccc3ccccc3c2)c2c1cc(C(N)=O)cc2C(F)(F)F. The van der Waals surface area contributed by atoms with Crippen LogP contribution in [0.25, 0.3) is 10.8 Å². The van der Waals surface area contributed by atoms with Crippen LogP contribution >= 0.6 is 0 Å². The van der Waals surface area contributed by atoms with Crippen LogP contribution in [0.15, 0.2) is 54.6 Å². The molecule has 0 radical (unpaired) electrons. The van der Waals surface area contributed by atoms with Crippen LogP contribution in [-0.4, -0.2) is 48.0 Å². The number of aliphatic hydroxyl groups is 1. The molecule has 0 aliphatic carbocycles. The number of rotatable bonds is 7. The molecule has 1 aliphatic heterocycles. The number of primary amides is 1. The Bertz CT molecular complexity index is 1300. The average molecular weight is 486 g/mol. The number of carbonyl (C=O) groups is 2. The summed E-state index contributed by atoms with van der Waals surface area (Å²) < 4.78 is 42.8. The second-order valence-corrected chi connectivity index (χ2v) is 8.54. The monoisotopic (exact) mass is 485 g/mol. The molecule has 0 saturated carbocycles. The van der Waals surface area contributed by atoms with Gasteiger partial charge in [-0.15, -0.1) is 0 Å². The molecule has 0 saturated heterocycles. The Kier molecular flexibility index (Phi) is 6.33. The molecule has 4 rings (SSSR count). The van der Waals surface area contributed by atoms with Gasteiger partial charge >= 0.3 is 6.18 Å². The Hall–Kier alpha value is -3.43. The third-order valence-corrected chi connectivity index (χ3v) is 6.62. The number of alkyl halides is 3. The first-order chi connectivity index (χ1) is 16.5. The lowest BCUT2D eigenvalue weighted by molar-refractivity contribution is -0.142. The normalized spacial score (nSPS) is 17.9. The van der Waals surface area contributed by atoms with E-state index in [0.717, 1.165) is 16.4 Å². The highest BCUT2D eigenvalue weighted by atomic mass is 19.4. The van der Waals surface area contributed by atoms with Crippen LogP contribution in [0.2, 0.25) is 0 Å². The lowest BCUT2D eigenvalue weighted by Crippen LogP contribution is -2.44. The van der Waals surface area contributed by atoms with Crippen LogP contribution in [0.1, 0.15) is 40.9 Å². The highest BCUT2D eigenvalue weighted by Crippen LogP contribution is 2.50. The summed E-state index contributed by atoms with van der Waals surface area (Å²) in [6.45, 7) is 5.62. The molecule has 184 valence electrons. The van der Waals surface area contributed by atoms with Gasteiger partial charge in [-0.2, -0.15) is 13.2 Å². The molecule has 0 fully saturated rings. The number of likely N-dealkylation sites (N-methyl/N-ethyl adjacent to an activating group) is 1. The van der Waals surface area contributed by atoms with Crippen LogP contribution in [0.3, 0.4) is 0 Å². The lowest BCUT2D eigenvalue weighted by Gasteiger charge is -2.26. The van der Waals surface area contributed by atoms with Crippen molar-refractivity contribution in [2.75, 3.05) is 31.1 Å². The fourth-order valence-corrected chi connectivity index (χ4v) is 4.68. The number of nitrogens with two attached hydrogens (primary N) is 1. The van der Waals surface area contributed by atoms with Crippen LogP contribution < -0.4 is 10.6 Å². The van der Waals surface area contributed by atoms with Crippen molar-refractivity contribution in [2.24, 2.45) is 5.73 Å². The molecule has 35 heavy (non-hydrogen) atoms. The van der Waals surface area contributed by atoms with Crippen LogP contribution in [0.5, 0.6) is 0 Å². The van der Waals surface area contributed by atoms with E-state index in [1.54, 1.807) is 18.2 Å². The first kappa shape index (κ1) is 24.7. The summed E-state index contributed by atoms with van der Waals surface area (Å²) >= 11 is 0. The molecular formula is C26H26F3N3O3. The molecule has 3 N–H and O–H groups in total. The van der Waals surface area contributed by atoms with Gasteiger partial charge in [-0.05, 0) is 47.6 Å². The minimum absolute atomic E-state index is 0.0186. The molecule has 9 heteroatoms. The van der Waals surface area contributed by atoms with E-state index in [9.17, 15) is 27.9 Å². The summed E-state index contributed by atoms with van der Waals surface area (Å²) in [6.07, 6.45) is -4.95. The van der Waals surface area contributed by atoms with Gasteiger partial charge in [0.2, 0.25) is 5.91 Å². The second-order valence-electron chi connectivity index (χ2n) is 8.54. The standard InChI is InChI=1S/C26H26F3N3O3/c1-3-31(4-2)11-12-32-21-15-18(23(30)33)14-20(26(27,28)29)22(21)25(35,24(32)34)19-10-9-16-7-5-6-8-17(16)13-19/h5-10,13-15,35H,3-4,11-12H2,1-2H3,(H2,30,33). The van der Waals surface area contributed by atoms with Crippen molar-refractivity contribution < 1.29 is 27.9 Å². The highest BCUT2D eigenvalue weighted by molar-refractivity contribution is 6.11.